The predicted molar refractivity (Wildman–Crippen MR) is 122 cm³/mol. The average Bonchev–Trinajstić information content (AvgIpc) is 3.02. The summed E-state index contributed by atoms with van der Waals surface area (Å²) in [7, 11) is 0. The molecule has 4 aliphatic rings. The van der Waals surface area contributed by atoms with Crippen LogP contribution in [0, 0.1) is 23.2 Å². The molecule has 4 nitrogen and oxygen atoms in total. The number of benzene rings is 1. The molecule has 5 rings (SSSR count). The van der Waals surface area contributed by atoms with Gasteiger partial charge in [0.1, 0.15) is 6.10 Å². The Bertz CT molecular complexity index is 860. The second-order valence-corrected chi connectivity index (χ2v) is 11.2. The van der Waals surface area contributed by atoms with Crippen molar-refractivity contribution < 1.29 is 14.6 Å². The lowest BCUT2D eigenvalue weighted by atomic mass is 9.55. The molecule has 2 aliphatic carbocycles. The van der Waals surface area contributed by atoms with Gasteiger partial charge in [0.2, 0.25) is 0 Å². The molecule has 1 aromatic carbocycles. The number of esters is 1. The molecule has 0 radical (unpaired) electrons. The molecule has 2 aliphatic heterocycles. The molecule has 31 heavy (non-hydrogen) atoms. The predicted octanol–water partition coefficient (Wildman–Crippen LogP) is 4.94. The maximum Gasteiger partial charge on any atom is 0.310 e. The van der Waals surface area contributed by atoms with E-state index in [9.17, 15) is 9.90 Å². The van der Waals surface area contributed by atoms with Crippen molar-refractivity contribution in [3.63, 3.8) is 0 Å². The summed E-state index contributed by atoms with van der Waals surface area (Å²) < 4.78 is 5.93. The maximum absolute atomic E-state index is 12.9. The van der Waals surface area contributed by atoms with Gasteiger partial charge in [0.15, 0.2) is 0 Å². The second-order valence-electron chi connectivity index (χ2n) is 10.7. The number of nitrogens with zero attached hydrogens (tertiary/aromatic N) is 1. The molecule has 0 spiro atoms. The molecule has 1 aromatic rings. The molecule has 5 atom stereocenters. The van der Waals surface area contributed by atoms with Crippen LogP contribution in [0.25, 0.3) is 0 Å². The smallest absolute Gasteiger partial charge is 0.310 e. The summed E-state index contributed by atoms with van der Waals surface area (Å²) in [5.74, 6) is 0.765. The number of likely N-dealkylation sites (tertiary alicyclic amines) is 1. The number of allylic oxidation sites excluding steroid dienone is 1. The van der Waals surface area contributed by atoms with Crippen LogP contribution in [0.5, 0.6) is 0 Å². The summed E-state index contributed by atoms with van der Waals surface area (Å²) in [4.78, 5) is 15.2. The van der Waals surface area contributed by atoms with Gasteiger partial charge < -0.3 is 14.7 Å². The molecule has 2 saturated heterocycles. The van der Waals surface area contributed by atoms with Crippen molar-refractivity contribution in [2.24, 2.45) is 23.2 Å². The molecule has 0 amide bonds. The first-order valence-electron chi connectivity index (χ1n) is 11.9. The Labute approximate surface area is 190 Å². The van der Waals surface area contributed by atoms with Crippen molar-refractivity contribution in [1.29, 1.82) is 0 Å². The molecule has 168 valence electrons. The Morgan fingerprint density at radius 1 is 1.23 bits per heavy atom. The molecular formula is C26H34ClNO3. The number of hydrogen-bond acceptors (Lipinski definition) is 4. The first-order valence-corrected chi connectivity index (χ1v) is 12.2. The van der Waals surface area contributed by atoms with Crippen LogP contribution in [0.2, 0.25) is 5.02 Å². The molecule has 0 bridgehead atoms. The van der Waals surface area contributed by atoms with Gasteiger partial charge in [-0.15, -0.1) is 0 Å². The molecule has 4 fully saturated rings. The fraction of sp³-hybridized carbons (Fsp3) is 0.654. The van der Waals surface area contributed by atoms with Crippen LogP contribution in [-0.2, 0) is 15.1 Å². The van der Waals surface area contributed by atoms with Crippen molar-refractivity contribution in [1.82, 2.24) is 4.90 Å². The molecule has 5 heteroatoms. The average molecular weight is 444 g/mol. The van der Waals surface area contributed by atoms with Crippen molar-refractivity contribution in [3.05, 3.63) is 47.0 Å². The number of halogens is 1. The first kappa shape index (κ1) is 21.5. The summed E-state index contributed by atoms with van der Waals surface area (Å²) in [6.45, 7) is 9.09. The Hall–Kier alpha value is -1.36. The van der Waals surface area contributed by atoms with E-state index in [1.807, 2.05) is 24.3 Å². The molecule has 2 saturated carbocycles. The Morgan fingerprint density at radius 2 is 1.94 bits per heavy atom. The van der Waals surface area contributed by atoms with Gasteiger partial charge >= 0.3 is 5.97 Å². The molecular weight excluding hydrogens is 410 g/mol. The van der Waals surface area contributed by atoms with E-state index >= 15 is 0 Å². The number of piperidine rings is 1. The van der Waals surface area contributed by atoms with E-state index in [1.54, 1.807) is 0 Å². The van der Waals surface area contributed by atoms with E-state index in [-0.39, 0.29) is 23.4 Å². The van der Waals surface area contributed by atoms with Crippen LogP contribution in [-0.4, -0.2) is 41.7 Å². The zero-order valence-corrected chi connectivity index (χ0v) is 19.2. The fourth-order valence-corrected chi connectivity index (χ4v) is 7.02. The minimum absolute atomic E-state index is 0.0126. The summed E-state index contributed by atoms with van der Waals surface area (Å²) in [6, 6.07) is 7.53. The van der Waals surface area contributed by atoms with Gasteiger partial charge in [0.05, 0.1) is 11.5 Å². The highest BCUT2D eigenvalue weighted by atomic mass is 35.5. The lowest BCUT2D eigenvalue weighted by molar-refractivity contribution is -0.146. The third kappa shape index (κ3) is 3.85. The topological polar surface area (TPSA) is 49.8 Å². The van der Waals surface area contributed by atoms with E-state index in [0.717, 1.165) is 44.5 Å². The fourth-order valence-electron chi connectivity index (χ4n) is 6.90. The van der Waals surface area contributed by atoms with Gasteiger partial charge in [0, 0.05) is 30.6 Å². The summed E-state index contributed by atoms with van der Waals surface area (Å²) in [5.41, 5.74) is 1.74. The zero-order chi connectivity index (χ0) is 21.8. The summed E-state index contributed by atoms with van der Waals surface area (Å²) >= 11 is 6.01. The van der Waals surface area contributed by atoms with Crippen LogP contribution in [0.1, 0.15) is 57.4 Å². The molecule has 1 unspecified atom stereocenters. The van der Waals surface area contributed by atoms with Crippen LogP contribution in [0.15, 0.2) is 36.4 Å². The third-order valence-corrected chi connectivity index (χ3v) is 9.09. The monoisotopic (exact) mass is 443 g/mol. The van der Waals surface area contributed by atoms with Gasteiger partial charge in [0.25, 0.3) is 0 Å². The van der Waals surface area contributed by atoms with E-state index < -0.39 is 5.60 Å². The van der Waals surface area contributed by atoms with Crippen molar-refractivity contribution in [2.75, 3.05) is 19.6 Å². The number of carbonyl (C=O) groups excluding carboxylic acids is 1. The Morgan fingerprint density at radius 3 is 2.65 bits per heavy atom. The SMILES string of the molecule is C=C1CCC[C@]2(C)C[C@H]3OC(=O)C(CN4CCC(O)(c5ccc(Cl)cc5)CC4)[C@H]3C[C@@H]12. The largest absolute Gasteiger partial charge is 0.462 e. The van der Waals surface area contributed by atoms with Crippen LogP contribution in [0.4, 0.5) is 0 Å². The van der Waals surface area contributed by atoms with Gasteiger partial charge in [-0.05, 0) is 74.0 Å². The quantitative estimate of drug-likeness (QED) is 0.531. The normalized spacial score (nSPS) is 37.8. The third-order valence-electron chi connectivity index (χ3n) is 8.84. The molecule has 0 aromatic heterocycles. The number of carbonyl (C=O) groups is 1. The molecule has 1 N–H and O–H groups in total. The van der Waals surface area contributed by atoms with Gasteiger partial charge in [-0.1, -0.05) is 42.8 Å². The maximum atomic E-state index is 12.9. The van der Waals surface area contributed by atoms with E-state index in [1.165, 1.54) is 18.4 Å². The number of ether oxygens (including phenoxy) is 1. The Balaban J connectivity index is 1.24. The van der Waals surface area contributed by atoms with E-state index in [4.69, 9.17) is 16.3 Å². The van der Waals surface area contributed by atoms with E-state index in [2.05, 4.69) is 18.4 Å². The zero-order valence-electron chi connectivity index (χ0n) is 18.5. The first-order chi connectivity index (χ1) is 14.8. The highest BCUT2D eigenvalue weighted by Gasteiger charge is 2.55. The van der Waals surface area contributed by atoms with Crippen molar-refractivity contribution in [2.45, 2.75) is 63.6 Å². The summed E-state index contributed by atoms with van der Waals surface area (Å²) in [6.07, 6.45) is 7.00. The van der Waals surface area contributed by atoms with Crippen molar-refractivity contribution >= 4 is 17.6 Å². The summed E-state index contributed by atoms with van der Waals surface area (Å²) in [5, 5.41) is 11.9. The lowest BCUT2D eigenvalue weighted by Gasteiger charge is -2.50. The van der Waals surface area contributed by atoms with Gasteiger partial charge in [-0.25, -0.2) is 0 Å². The Kier molecular flexibility index (Phi) is 5.47. The van der Waals surface area contributed by atoms with Crippen LogP contribution >= 0.6 is 11.6 Å². The van der Waals surface area contributed by atoms with Crippen molar-refractivity contribution in [3.8, 4) is 0 Å². The van der Waals surface area contributed by atoms with Crippen LogP contribution in [0.3, 0.4) is 0 Å². The van der Waals surface area contributed by atoms with E-state index in [0.29, 0.717) is 29.7 Å². The number of hydrogen-bond donors (Lipinski definition) is 1. The van der Waals surface area contributed by atoms with Gasteiger partial charge in [-0.2, -0.15) is 0 Å². The second kappa shape index (κ2) is 7.90. The highest BCUT2D eigenvalue weighted by molar-refractivity contribution is 6.30. The minimum atomic E-state index is -0.813. The van der Waals surface area contributed by atoms with Gasteiger partial charge in [-0.3, -0.25) is 4.79 Å². The number of rotatable bonds is 3. The standard InChI is InChI=1S/C26H34ClNO3/c1-17-4-3-9-25(2)15-23-20(14-22(17)25)21(24(29)31-23)16-28-12-10-26(30,11-13-28)18-5-7-19(27)8-6-18/h5-8,20-23,30H,1,3-4,9-16H2,2H3/t20-,21?,22+,23-,25-/m1/s1. The molecule has 2 heterocycles. The lowest BCUT2D eigenvalue weighted by Crippen LogP contribution is -2.48. The number of fused-ring (bicyclic) bond motifs is 2. The van der Waals surface area contributed by atoms with Crippen LogP contribution < -0.4 is 0 Å². The minimum Gasteiger partial charge on any atom is -0.462 e. The highest BCUT2D eigenvalue weighted by Crippen LogP contribution is 2.57. The number of aliphatic hydroxyl groups is 1.